The quantitative estimate of drug-likeness (QED) is 0.894. The van der Waals surface area contributed by atoms with Crippen molar-refractivity contribution in [3.63, 3.8) is 0 Å². The lowest BCUT2D eigenvalue weighted by Crippen LogP contribution is -2.37. The molecule has 5 nitrogen and oxygen atoms in total. The second kappa shape index (κ2) is 6.28. The Morgan fingerprint density at radius 2 is 1.88 bits per heavy atom. The lowest BCUT2D eigenvalue weighted by Gasteiger charge is -2.26. The van der Waals surface area contributed by atoms with Crippen molar-refractivity contribution in [2.75, 3.05) is 29.9 Å². The minimum atomic E-state index is -0.138. The van der Waals surface area contributed by atoms with Gasteiger partial charge in [-0.15, -0.1) is 11.3 Å². The molecule has 0 atom stereocenters. The summed E-state index contributed by atoms with van der Waals surface area (Å²) in [6.45, 7) is 6.24. The Labute approximate surface area is 151 Å². The molecule has 1 aromatic heterocycles. The summed E-state index contributed by atoms with van der Waals surface area (Å²) < 4.78 is 0. The fourth-order valence-corrected chi connectivity index (χ4v) is 4.79. The Morgan fingerprint density at radius 3 is 2.64 bits per heavy atom. The Kier molecular flexibility index (Phi) is 4.09. The molecule has 0 radical (unpaired) electrons. The van der Waals surface area contributed by atoms with E-state index >= 15 is 0 Å². The van der Waals surface area contributed by atoms with Gasteiger partial charge in [0, 0.05) is 9.75 Å². The van der Waals surface area contributed by atoms with Crippen LogP contribution in [-0.4, -0.2) is 36.3 Å². The average Bonchev–Trinajstić information content (AvgIpc) is 3.14. The van der Waals surface area contributed by atoms with Crippen LogP contribution in [-0.2, 0) is 4.79 Å². The largest absolute Gasteiger partial charge is 0.320 e. The van der Waals surface area contributed by atoms with Gasteiger partial charge in [-0.05, 0) is 51.9 Å². The van der Waals surface area contributed by atoms with Gasteiger partial charge in [0.1, 0.15) is 0 Å². The number of fused-ring (bicyclic) bond motifs is 2. The summed E-state index contributed by atoms with van der Waals surface area (Å²) in [6.07, 6.45) is 2.29. The number of aryl methyl sites for hydroxylation is 2. The Balaban J connectivity index is 1.84. The monoisotopic (exact) mass is 355 g/mol. The number of hydrogen-bond donors (Lipinski definition) is 1. The summed E-state index contributed by atoms with van der Waals surface area (Å²) in [7, 11) is 0. The molecule has 0 bridgehead atoms. The molecule has 2 aliphatic heterocycles. The molecule has 3 heterocycles. The zero-order valence-corrected chi connectivity index (χ0v) is 15.3. The van der Waals surface area contributed by atoms with Crippen LogP contribution in [0.25, 0.3) is 0 Å². The van der Waals surface area contributed by atoms with E-state index in [1.165, 1.54) is 0 Å². The third-order valence-electron chi connectivity index (χ3n) is 4.88. The van der Waals surface area contributed by atoms with Crippen molar-refractivity contribution in [3.8, 4) is 0 Å². The van der Waals surface area contributed by atoms with Crippen molar-refractivity contribution in [2.45, 2.75) is 26.7 Å². The highest BCUT2D eigenvalue weighted by Gasteiger charge is 2.34. The van der Waals surface area contributed by atoms with Gasteiger partial charge in [0.2, 0.25) is 5.91 Å². The Morgan fingerprint density at radius 1 is 1.16 bits per heavy atom. The van der Waals surface area contributed by atoms with Crippen LogP contribution in [0.4, 0.5) is 17.1 Å². The molecular weight excluding hydrogens is 334 g/mol. The first-order valence-electron chi connectivity index (χ1n) is 8.62. The van der Waals surface area contributed by atoms with Gasteiger partial charge in [-0.25, -0.2) is 0 Å². The molecule has 1 fully saturated rings. The van der Waals surface area contributed by atoms with Crippen LogP contribution in [0.5, 0.6) is 0 Å². The number of nitrogens with zero attached hydrogens (tertiary/aromatic N) is 2. The van der Waals surface area contributed by atoms with E-state index in [2.05, 4.69) is 10.2 Å². The summed E-state index contributed by atoms with van der Waals surface area (Å²) in [5.74, 6) is -0.117. The topological polar surface area (TPSA) is 52.7 Å². The van der Waals surface area contributed by atoms with E-state index in [1.54, 1.807) is 16.2 Å². The smallest absolute Gasteiger partial charge is 0.258 e. The predicted octanol–water partition coefficient (Wildman–Crippen LogP) is 3.69. The molecule has 2 amide bonds. The number of benzene rings is 1. The van der Waals surface area contributed by atoms with E-state index in [4.69, 9.17) is 0 Å². The SMILES string of the molecule is Cc1sc(C)c2c1C(=O)Nc1ccccc1N2C(=O)CN1CCCC1. The van der Waals surface area contributed by atoms with E-state index in [0.717, 1.165) is 47.1 Å². The van der Waals surface area contributed by atoms with Gasteiger partial charge in [0.25, 0.3) is 5.91 Å². The van der Waals surface area contributed by atoms with Gasteiger partial charge >= 0.3 is 0 Å². The van der Waals surface area contributed by atoms with Gasteiger partial charge in [-0.2, -0.15) is 0 Å². The number of thiophene rings is 1. The first kappa shape index (κ1) is 16.3. The predicted molar refractivity (Wildman–Crippen MR) is 101 cm³/mol. The third kappa shape index (κ3) is 2.75. The Hall–Kier alpha value is -2.18. The number of hydrogen-bond acceptors (Lipinski definition) is 4. The normalized spacial score (nSPS) is 17.0. The first-order chi connectivity index (χ1) is 12.1. The van der Waals surface area contributed by atoms with Crippen molar-refractivity contribution in [1.29, 1.82) is 0 Å². The minimum absolute atomic E-state index is 0.0213. The van der Waals surface area contributed by atoms with E-state index in [-0.39, 0.29) is 11.8 Å². The lowest BCUT2D eigenvalue weighted by atomic mass is 10.1. The summed E-state index contributed by atoms with van der Waals surface area (Å²) in [5, 5.41) is 2.97. The fraction of sp³-hybridized carbons (Fsp3) is 0.368. The number of carbonyl (C=O) groups is 2. The van der Waals surface area contributed by atoms with E-state index in [0.29, 0.717) is 17.8 Å². The van der Waals surface area contributed by atoms with Crippen LogP contribution >= 0.6 is 11.3 Å². The molecule has 4 rings (SSSR count). The molecule has 1 saturated heterocycles. The third-order valence-corrected chi connectivity index (χ3v) is 5.89. The van der Waals surface area contributed by atoms with Crippen LogP contribution in [0.2, 0.25) is 0 Å². The van der Waals surface area contributed by atoms with Gasteiger partial charge in [-0.1, -0.05) is 12.1 Å². The minimum Gasteiger partial charge on any atom is -0.320 e. The highest BCUT2D eigenvalue weighted by atomic mass is 32.1. The maximum Gasteiger partial charge on any atom is 0.258 e. The molecule has 1 aromatic carbocycles. The molecule has 25 heavy (non-hydrogen) atoms. The number of amides is 2. The van der Waals surface area contributed by atoms with Crippen molar-refractivity contribution in [3.05, 3.63) is 39.6 Å². The summed E-state index contributed by atoms with van der Waals surface area (Å²) >= 11 is 1.57. The summed E-state index contributed by atoms with van der Waals surface area (Å²) in [5.41, 5.74) is 2.80. The van der Waals surface area contributed by atoms with E-state index in [9.17, 15) is 9.59 Å². The maximum absolute atomic E-state index is 13.3. The molecule has 2 aromatic rings. The number of rotatable bonds is 2. The lowest BCUT2D eigenvalue weighted by molar-refractivity contribution is -0.118. The average molecular weight is 355 g/mol. The number of likely N-dealkylation sites (tertiary alicyclic amines) is 1. The molecule has 130 valence electrons. The second-order valence-corrected chi connectivity index (χ2v) is 8.05. The van der Waals surface area contributed by atoms with Crippen molar-refractivity contribution >= 4 is 40.2 Å². The van der Waals surface area contributed by atoms with Crippen LogP contribution < -0.4 is 10.2 Å². The molecule has 6 heteroatoms. The Bertz CT molecular complexity index is 852. The van der Waals surface area contributed by atoms with Crippen LogP contribution in [0.15, 0.2) is 24.3 Å². The zero-order chi connectivity index (χ0) is 17.6. The highest BCUT2D eigenvalue weighted by Crippen LogP contribution is 2.44. The summed E-state index contributed by atoms with van der Waals surface area (Å²) in [6, 6.07) is 7.53. The molecule has 0 aliphatic carbocycles. The molecule has 0 unspecified atom stereocenters. The van der Waals surface area contributed by atoms with Gasteiger partial charge in [-0.3, -0.25) is 19.4 Å². The van der Waals surface area contributed by atoms with Crippen LogP contribution in [0.1, 0.15) is 33.0 Å². The van der Waals surface area contributed by atoms with Crippen molar-refractivity contribution in [1.82, 2.24) is 4.90 Å². The van der Waals surface area contributed by atoms with Crippen LogP contribution in [0.3, 0.4) is 0 Å². The number of carbonyl (C=O) groups excluding carboxylic acids is 2. The second-order valence-electron chi connectivity index (χ2n) is 6.62. The van der Waals surface area contributed by atoms with Gasteiger partial charge < -0.3 is 5.32 Å². The van der Waals surface area contributed by atoms with E-state index < -0.39 is 0 Å². The molecule has 2 aliphatic rings. The standard InChI is InChI=1S/C19H21N3O2S/c1-12-17-18(13(2)25-12)22(16(23)11-21-9-5-6-10-21)15-8-4-3-7-14(15)20-19(17)24/h3-4,7-8H,5-6,9-11H2,1-2H3,(H,20,24). The van der Waals surface area contributed by atoms with Crippen LogP contribution in [0, 0.1) is 13.8 Å². The number of anilines is 3. The van der Waals surface area contributed by atoms with Crippen molar-refractivity contribution < 1.29 is 9.59 Å². The van der Waals surface area contributed by atoms with Gasteiger partial charge in [0.15, 0.2) is 0 Å². The zero-order valence-electron chi connectivity index (χ0n) is 14.5. The van der Waals surface area contributed by atoms with Gasteiger partial charge in [0.05, 0.1) is 29.2 Å². The fourth-order valence-electron chi connectivity index (χ4n) is 3.75. The highest BCUT2D eigenvalue weighted by molar-refractivity contribution is 7.13. The molecule has 1 N–H and O–H groups in total. The maximum atomic E-state index is 13.3. The first-order valence-corrected chi connectivity index (χ1v) is 9.43. The molecule has 0 spiro atoms. The summed E-state index contributed by atoms with van der Waals surface area (Å²) in [4.78, 5) is 31.9. The number of para-hydroxylation sites is 2. The van der Waals surface area contributed by atoms with E-state index in [1.807, 2.05) is 38.1 Å². The number of nitrogens with one attached hydrogen (secondary N) is 1. The van der Waals surface area contributed by atoms with Crippen molar-refractivity contribution in [2.24, 2.45) is 0 Å². The molecular formula is C19H21N3O2S. The molecule has 0 saturated carbocycles.